The van der Waals surface area contributed by atoms with Crippen LogP contribution in [0.25, 0.3) is 0 Å². The molecule has 0 aliphatic heterocycles. The van der Waals surface area contributed by atoms with Crippen molar-refractivity contribution in [3.63, 3.8) is 0 Å². The maximum atomic E-state index is 13.1. The van der Waals surface area contributed by atoms with Gasteiger partial charge in [0, 0.05) is 0 Å². The minimum absolute atomic E-state index is 0.0824. The van der Waals surface area contributed by atoms with E-state index in [-0.39, 0.29) is 5.82 Å². The monoisotopic (exact) mass is 206 g/mol. The molecule has 82 valence electrons. The van der Waals surface area contributed by atoms with Crippen molar-refractivity contribution < 1.29 is 4.39 Å². The SMILES string of the molecule is CC1CCCc2ccc(F)cc2CCC1. The molecule has 0 saturated heterocycles. The highest BCUT2D eigenvalue weighted by atomic mass is 19.1. The van der Waals surface area contributed by atoms with Crippen LogP contribution in [0.15, 0.2) is 18.2 Å². The zero-order valence-electron chi connectivity index (χ0n) is 9.43. The highest BCUT2D eigenvalue weighted by molar-refractivity contribution is 5.28. The Morgan fingerprint density at radius 3 is 2.47 bits per heavy atom. The van der Waals surface area contributed by atoms with E-state index in [1.54, 1.807) is 12.1 Å². The molecule has 0 fully saturated rings. The highest BCUT2D eigenvalue weighted by Gasteiger charge is 2.10. The summed E-state index contributed by atoms with van der Waals surface area (Å²) in [5.41, 5.74) is 2.61. The van der Waals surface area contributed by atoms with Crippen LogP contribution in [0.4, 0.5) is 4.39 Å². The van der Waals surface area contributed by atoms with Gasteiger partial charge in [-0.2, -0.15) is 0 Å². The van der Waals surface area contributed by atoms with Crippen LogP contribution in [-0.4, -0.2) is 0 Å². The Labute approximate surface area is 91.5 Å². The van der Waals surface area contributed by atoms with Gasteiger partial charge in [-0.15, -0.1) is 0 Å². The summed E-state index contributed by atoms with van der Waals surface area (Å²) >= 11 is 0. The molecule has 0 N–H and O–H groups in total. The molecule has 1 aliphatic carbocycles. The second-order valence-corrected chi connectivity index (χ2v) is 4.80. The van der Waals surface area contributed by atoms with Crippen molar-refractivity contribution in [2.24, 2.45) is 5.92 Å². The highest BCUT2D eigenvalue weighted by Crippen LogP contribution is 2.23. The lowest BCUT2D eigenvalue weighted by Crippen LogP contribution is -1.94. The summed E-state index contributed by atoms with van der Waals surface area (Å²) in [6, 6.07) is 5.30. The lowest BCUT2D eigenvalue weighted by atomic mass is 9.99. The van der Waals surface area contributed by atoms with Crippen LogP contribution in [-0.2, 0) is 12.8 Å². The lowest BCUT2D eigenvalue weighted by molar-refractivity contribution is 0.467. The Kier molecular flexibility index (Phi) is 3.40. The largest absolute Gasteiger partial charge is 0.207 e. The molecule has 1 heteroatoms. The Morgan fingerprint density at radius 1 is 1.07 bits per heavy atom. The molecular formula is C14H19F. The van der Waals surface area contributed by atoms with E-state index >= 15 is 0 Å². The molecule has 1 aromatic carbocycles. The predicted molar refractivity (Wildman–Crippen MR) is 61.4 cm³/mol. The van der Waals surface area contributed by atoms with Crippen LogP contribution in [0.2, 0.25) is 0 Å². The molecule has 1 aromatic rings. The Bertz CT molecular complexity index is 330. The van der Waals surface area contributed by atoms with E-state index in [2.05, 4.69) is 6.92 Å². The molecule has 15 heavy (non-hydrogen) atoms. The van der Waals surface area contributed by atoms with Gasteiger partial charge < -0.3 is 0 Å². The first-order valence-electron chi connectivity index (χ1n) is 6.03. The maximum absolute atomic E-state index is 13.1. The van der Waals surface area contributed by atoms with E-state index in [9.17, 15) is 4.39 Å². The fourth-order valence-electron chi connectivity index (χ4n) is 2.50. The molecule has 0 bridgehead atoms. The molecule has 1 atom stereocenters. The first-order valence-corrected chi connectivity index (χ1v) is 6.03. The molecule has 1 unspecified atom stereocenters. The number of benzene rings is 1. The second kappa shape index (κ2) is 4.78. The maximum Gasteiger partial charge on any atom is 0.123 e. The molecule has 0 radical (unpaired) electrons. The molecule has 0 spiro atoms. The van der Waals surface area contributed by atoms with Crippen LogP contribution in [0.3, 0.4) is 0 Å². The van der Waals surface area contributed by atoms with Gasteiger partial charge in [0.25, 0.3) is 0 Å². The zero-order chi connectivity index (χ0) is 10.7. The summed E-state index contributed by atoms with van der Waals surface area (Å²) in [4.78, 5) is 0. The Hall–Kier alpha value is -0.850. The Morgan fingerprint density at radius 2 is 1.73 bits per heavy atom. The minimum Gasteiger partial charge on any atom is -0.207 e. The molecule has 0 heterocycles. The first kappa shape index (κ1) is 10.7. The molecule has 0 amide bonds. The van der Waals surface area contributed by atoms with Crippen LogP contribution >= 0.6 is 0 Å². The van der Waals surface area contributed by atoms with Gasteiger partial charge in [0.1, 0.15) is 5.82 Å². The van der Waals surface area contributed by atoms with Crippen molar-refractivity contribution in [2.75, 3.05) is 0 Å². The smallest absolute Gasteiger partial charge is 0.123 e. The van der Waals surface area contributed by atoms with E-state index in [0.29, 0.717) is 0 Å². The normalized spacial score (nSPS) is 22.4. The average molecular weight is 206 g/mol. The summed E-state index contributed by atoms with van der Waals surface area (Å²) in [5.74, 6) is 0.755. The molecule has 0 nitrogen and oxygen atoms in total. The summed E-state index contributed by atoms with van der Waals surface area (Å²) in [5, 5.41) is 0. The van der Waals surface area contributed by atoms with E-state index < -0.39 is 0 Å². The van der Waals surface area contributed by atoms with Gasteiger partial charge in [0.05, 0.1) is 0 Å². The predicted octanol–water partition coefficient (Wildman–Crippen LogP) is 4.12. The van der Waals surface area contributed by atoms with Crippen LogP contribution < -0.4 is 0 Å². The fraction of sp³-hybridized carbons (Fsp3) is 0.571. The van der Waals surface area contributed by atoms with Crippen LogP contribution in [0.5, 0.6) is 0 Å². The minimum atomic E-state index is -0.0824. The Balaban J connectivity index is 2.18. The van der Waals surface area contributed by atoms with Gasteiger partial charge in [-0.1, -0.05) is 25.8 Å². The van der Waals surface area contributed by atoms with E-state index in [1.165, 1.54) is 36.8 Å². The van der Waals surface area contributed by atoms with E-state index in [1.807, 2.05) is 6.07 Å². The molecule has 0 aromatic heterocycles. The van der Waals surface area contributed by atoms with Crippen molar-refractivity contribution in [2.45, 2.75) is 45.4 Å². The van der Waals surface area contributed by atoms with E-state index in [0.717, 1.165) is 18.8 Å². The number of rotatable bonds is 0. The molecule has 1 aliphatic rings. The summed E-state index contributed by atoms with van der Waals surface area (Å²) in [7, 11) is 0. The van der Waals surface area contributed by atoms with Crippen molar-refractivity contribution in [1.82, 2.24) is 0 Å². The third-order valence-electron chi connectivity index (χ3n) is 3.45. The lowest BCUT2D eigenvalue weighted by Gasteiger charge is -2.07. The van der Waals surface area contributed by atoms with Gasteiger partial charge in [-0.25, -0.2) is 4.39 Å². The van der Waals surface area contributed by atoms with Gasteiger partial charge >= 0.3 is 0 Å². The molecule has 0 saturated carbocycles. The number of halogens is 1. The summed E-state index contributed by atoms with van der Waals surface area (Å²) in [6.07, 6.45) is 7.24. The quantitative estimate of drug-likeness (QED) is 0.599. The first-order chi connectivity index (χ1) is 7.25. The molecular weight excluding hydrogens is 187 g/mol. The second-order valence-electron chi connectivity index (χ2n) is 4.80. The zero-order valence-corrected chi connectivity index (χ0v) is 9.43. The van der Waals surface area contributed by atoms with Gasteiger partial charge in [0.15, 0.2) is 0 Å². The number of aryl methyl sites for hydroxylation is 2. The third kappa shape index (κ3) is 2.80. The van der Waals surface area contributed by atoms with Gasteiger partial charge in [-0.05, 0) is 54.9 Å². The van der Waals surface area contributed by atoms with Crippen molar-refractivity contribution in [3.05, 3.63) is 35.1 Å². The van der Waals surface area contributed by atoms with Gasteiger partial charge in [0.2, 0.25) is 0 Å². The van der Waals surface area contributed by atoms with Crippen molar-refractivity contribution >= 4 is 0 Å². The topological polar surface area (TPSA) is 0 Å². The fourth-order valence-corrected chi connectivity index (χ4v) is 2.50. The summed E-state index contributed by atoms with van der Waals surface area (Å²) in [6.45, 7) is 2.33. The van der Waals surface area contributed by atoms with Crippen LogP contribution in [0.1, 0.15) is 43.7 Å². The number of fused-ring (bicyclic) bond motifs is 1. The molecule has 2 rings (SSSR count). The average Bonchev–Trinajstić information content (AvgIpc) is 2.28. The summed E-state index contributed by atoms with van der Waals surface area (Å²) < 4.78 is 13.1. The van der Waals surface area contributed by atoms with Gasteiger partial charge in [-0.3, -0.25) is 0 Å². The van der Waals surface area contributed by atoms with Crippen molar-refractivity contribution in [3.8, 4) is 0 Å². The number of hydrogen-bond donors (Lipinski definition) is 0. The van der Waals surface area contributed by atoms with Crippen LogP contribution in [0, 0.1) is 11.7 Å². The van der Waals surface area contributed by atoms with Crippen molar-refractivity contribution in [1.29, 1.82) is 0 Å². The van der Waals surface area contributed by atoms with E-state index in [4.69, 9.17) is 0 Å². The number of hydrogen-bond acceptors (Lipinski definition) is 0. The standard InChI is InChI=1S/C14H19F/c1-11-4-2-6-12-8-9-14(15)10-13(12)7-3-5-11/h8-11H,2-7H2,1H3. The third-order valence-corrected chi connectivity index (χ3v) is 3.45.